The zero-order chi connectivity index (χ0) is 13.8. The van der Waals surface area contributed by atoms with Gasteiger partial charge in [0.1, 0.15) is 17.7 Å². The average Bonchev–Trinajstić information content (AvgIpc) is 2.41. The van der Waals surface area contributed by atoms with Crippen LogP contribution >= 0.6 is 15.9 Å². The van der Waals surface area contributed by atoms with E-state index >= 15 is 0 Å². The van der Waals surface area contributed by atoms with Crippen molar-refractivity contribution in [2.45, 2.75) is 13.0 Å². The summed E-state index contributed by atoms with van der Waals surface area (Å²) in [6.07, 6.45) is -0.898. The van der Waals surface area contributed by atoms with Gasteiger partial charge in [-0.3, -0.25) is 0 Å². The lowest BCUT2D eigenvalue weighted by Gasteiger charge is -2.14. The Morgan fingerprint density at radius 3 is 2.79 bits per heavy atom. The highest BCUT2D eigenvalue weighted by molar-refractivity contribution is 9.10. The normalized spacial score (nSPS) is 12.2. The van der Waals surface area contributed by atoms with Crippen LogP contribution in [-0.4, -0.2) is 11.7 Å². The molecular weight excluding hydrogens is 311 g/mol. The number of ether oxygens (including phenoxy) is 1. The minimum Gasteiger partial charge on any atom is -0.494 e. The molecule has 4 heteroatoms. The van der Waals surface area contributed by atoms with Crippen LogP contribution in [0.2, 0.25) is 0 Å². The summed E-state index contributed by atoms with van der Waals surface area (Å²) in [5.74, 6) is 0.310. The molecule has 2 rings (SSSR count). The fourth-order valence-electron chi connectivity index (χ4n) is 1.84. The smallest absolute Gasteiger partial charge is 0.123 e. The van der Waals surface area contributed by atoms with Crippen LogP contribution in [0, 0.1) is 5.82 Å². The molecule has 2 aromatic rings. The van der Waals surface area contributed by atoms with Crippen molar-refractivity contribution < 1.29 is 14.2 Å². The maximum absolute atomic E-state index is 13.3. The molecule has 100 valence electrons. The van der Waals surface area contributed by atoms with Crippen LogP contribution in [0.5, 0.6) is 5.75 Å². The van der Waals surface area contributed by atoms with Gasteiger partial charge in [-0.05, 0) is 42.8 Å². The lowest BCUT2D eigenvalue weighted by Crippen LogP contribution is -2.02. The molecule has 0 fully saturated rings. The molecular formula is C15H14BrFO2. The molecule has 0 bridgehead atoms. The highest BCUT2D eigenvalue weighted by Gasteiger charge is 2.15. The molecule has 0 saturated carbocycles. The molecule has 0 heterocycles. The second-order valence-electron chi connectivity index (χ2n) is 4.07. The van der Waals surface area contributed by atoms with Crippen LogP contribution in [0.15, 0.2) is 46.9 Å². The van der Waals surface area contributed by atoms with Crippen molar-refractivity contribution in [1.82, 2.24) is 0 Å². The minimum atomic E-state index is -0.898. The fourth-order valence-corrected chi connectivity index (χ4v) is 2.31. The van der Waals surface area contributed by atoms with Crippen molar-refractivity contribution in [2.24, 2.45) is 0 Å². The topological polar surface area (TPSA) is 29.5 Å². The van der Waals surface area contributed by atoms with Crippen molar-refractivity contribution in [1.29, 1.82) is 0 Å². The SMILES string of the molecule is CCOc1cccc(C(O)c2cc(F)ccc2Br)c1. The van der Waals surface area contributed by atoms with E-state index in [-0.39, 0.29) is 5.82 Å². The summed E-state index contributed by atoms with van der Waals surface area (Å²) in [7, 11) is 0. The van der Waals surface area contributed by atoms with Crippen LogP contribution in [0.3, 0.4) is 0 Å². The summed E-state index contributed by atoms with van der Waals surface area (Å²) < 4.78 is 19.3. The number of halogens is 2. The van der Waals surface area contributed by atoms with E-state index in [9.17, 15) is 9.50 Å². The second kappa shape index (κ2) is 6.17. The van der Waals surface area contributed by atoms with Gasteiger partial charge in [0, 0.05) is 10.0 Å². The first kappa shape index (κ1) is 14.0. The quantitative estimate of drug-likeness (QED) is 0.918. The van der Waals surface area contributed by atoms with Gasteiger partial charge >= 0.3 is 0 Å². The summed E-state index contributed by atoms with van der Waals surface area (Å²) in [5.41, 5.74) is 1.16. The van der Waals surface area contributed by atoms with Crippen molar-refractivity contribution >= 4 is 15.9 Å². The third kappa shape index (κ3) is 3.33. The number of aliphatic hydroxyl groups is 1. The van der Waals surface area contributed by atoms with Crippen molar-refractivity contribution in [3.63, 3.8) is 0 Å². The van der Waals surface area contributed by atoms with Gasteiger partial charge in [-0.1, -0.05) is 28.1 Å². The van der Waals surface area contributed by atoms with Gasteiger partial charge in [0.2, 0.25) is 0 Å². The Bertz CT molecular complexity index is 572. The third-order valence-corrected chi connectivity index (χ3v) is 3.46. The molecule has 0 aliphatic rings. The Morgan fingerprint density at radius 1 is 1.26 bits per heavy atom. The van der Waals surface area contributed by atoms with E-state index in [1.54, 1.807) is 24.3 Å². The molecule has 0 spiro atoms. The Balaban J connectivity index is 2.35. The van der Waals surface area contributed by atoms with Crippen LogP contribution in [0.25, 0.3) is 0 Å². The molecule has 1 N–H and O–H groups in total. The maximum Gasteiger partial charge on any atom is 0.123 e. The number of hydrogen-bond acceptors (Lipinski definition) is 2. The molecule has 0 aliphatic heterocycles. The first-order valence-electron chi connectivity index (χ1n) is 5.97. The monoisotopic (exact) mass is 324 g/mol. The maximum atomic E-state index is 13.3. The molecule has 0 radical (unpaired) electrons. The summed E-state index contributed by atoms with van der Waals surface area (Å²) in [5, 5.41) is 10.3. The number of hydrogen-bond donors (Lipinski definition) is 1. The van der Waals surface area contributed by atoms with E-state index < -0.39 is 6.10 Å². The van der Waals surface area contributed by atoms with Crippen molar-refractivity contribution in [2.75, 3.05) is 6.61 Å². The van der Waals surface area contributed by atoms with Crippen LogP contribution in [0.1, 0.15) is 24.2 Å². The van der Waals surface area contributed by atoms with E-state index in [1.807, 2.05) is 13.0 Å². The lowest BCUT2D eigenvalue weighted by molar-refractivity contribution is 0.218. The van der Waals surface area contributed by atoms with E-state index in [0.717, 1.165) is 0 Å². The number of benzene rings is 2. The van der Waals surface area contributed by atoms with E-state index in [4.69, 9.17) is 4.74 Å². The Labute approximate surface area is 120 Å². The lowest BCUT2D eigenvalue weighted by atomic mass is 10.0. The standard InChI is InChI=1S/C15H14BrFO2/c1-2-19-12-5-3-4-10(8-12)15(18)13-9-11(17)6-7-14(13)16/h3-9,15,18H,2H2,1H3. The highest BCUT2D eigenvalue weighted by Crippen LogP contribution is 2.30. The van der Waals surface area contributed by atoms with Gasteiger partial charge in [0.05, 0.1) is 6.61 Å². The predicted molar refractivity (Wildman–Crippen MR) is 75.8 cm³/mol. The van der Waals surface area contributed by atoms with Crippen LogP contribution in [0.4, 0.5) is 4.39 Å². The molecule has 0 saturated heterocycles. The minimum absolute atomic E-state index is 0.377. The molecule has 19 heavy (non-hydrogen) atoms. The summed E-state index contributed by atoms with van der Waals surface area (Å²) in [4.78, 5) is 0. The Morgan fingerprint density at radius 2 is 2.05 bits per heavy atom. The summed E-state index contributed by atoms with van der Waals surface area (Å²) in [6.45, 7) is 2.45. The third-order valence-electron chi connectivity index (χ3n) is 2.74. The summed E-state index contributed by atoms with van der Waals surface area (Å²) in [6, 6.07) is 11.4. The van der Waals surface area contributed by atoms with E-state index in [0.29, 0.717) is 28.0 Å². The highest BCUT2D eigenvalue weighted by atomic mass is 79.9. The largest absolute Gasteiger partial charge is 0.494 e. The molecule has 0 amide bonds. The van der Waals surface area contributed by atoms with Crippen molar-refractivity contribution in [3.8, 4) is 5.75 Å². The molecule has 1 unspecified atom stereocenters. The van der Waals surface area contributed by atoms with Gasteiger partial charge in [-0.2, -0.15) is 0 Å². The molecule has 0 aromatic heterocycles. The number of aliphatic hydroxyl groups excluding tert-OH is 1. The van der Waals surface area contributed by atoms with Gasteiger partial charge in [0.25, 0.3) is 0 Å². The average molecular weight is 325 g/mol. The van der Waals surface area contributed by atoms with Gasteiger partial charge < -0.3 is 9.84 Å². The molecule has 1 atom stereocenters. The first-order valence-corrected chi connectivity index (χ1v) is 6.77. The van der Waals surface area contributed by atoms with Crippen molar-refractivity contribution in [3.05, 3.63) is 63.9 Å². The number of rotatable bonds is 4. The Hall–Kier alpha value is -1.39. The van der Waals surface area contributed by atoms with Gasteiger partial charge in [0.15, 0.2) is 0 Å². The van der Waals surface area contributed by atoms with E-state index in [2.05, 4.69) is 15.9 Å². The zero-order valence-electron chi connectivity index (χ0n) is 10.4. The summed E-state index contributed by atoms with van der Waals surface area (Å²) >= 11 is 3.32. The second-order valence-corrected chi connectivity index (χ2v) is 4.93. The molecule has 2 nitrogen and oxygen atoms in total. The first-order chi connectivity index (χ1) is 9.11. The van der Waals surface area contributed by atoms with Crippen LogP contribution < -0.4 is 4.74 Å². The predicted octanol–water partition coefficient (Wildman–Crippen LogP) is 4.07. The van der Waals surface area contributed by atoms with Gasteiger partial charge in [-0.25, -0.2) is 4.39 Å². The van der Waals surface area contributed by atoms with Gasteiger partial charge in [-0.15, -0.1) is 0 Å². The molecule has 0 aliphatic carbocycles. The Kier molecular flexibility index (Phi) is 4.56. The zero-order valence-corrected chi connectivity index (χ0v) is 12.0. The van der Waals surface area contributed by atoms with Crippen LogP contribution in [-0.2, 0) is 0 Å². The fraction of sp³-hybridized carbons (Fsp3) is 0.200. The molecule has 2 aromatic carbocycles. The van der Waals surface area contributed by atoms with E-state index in [1.165, 1.54) is 12.1 Å².